The van der Waals surface area contributed by atoms with Crippen molar-refractivity contribution < 1.29 is 19.1 Å². The normalized spacial score (nSPS) is 13.4. The first-order chi connectivity index (χ1) is 20.4. The Hall–Kier alpha value is -4.97. The number of nitrogens with one attached hydrogen (secondary N) is 1. The molecule has 1 atom stereocenters. The van der Waals surface area contributed by atoms with Gasteiger partial charge in [0.1, 0.15) is 5.82 Å². The topological polar surface area (TPSA) is 69.6 Å². The zero-order chi connectivity index (χ0) is 29.2. The monoisotopic (exact) mass is 558 g/mol. The van der Waals surface area contributed by atoms with E-state index >= 15 is 4.39 Å². The fourth-order valence-corrected chi connectivity index (χ4v) is 5.79. The molecule has 5 aromatic rings. The van der Waals surface area contributed by atoms with Crippen LogP contribution in [0.1, 0.15) is 56.8 Å². The molecule has 5 nitrogen and oxygen atoms in total. The van der Waals surface area contributed by atoms with Gasteiger partial charge >= 0.3 is 5.97 Å². The van der Waals surface area contributed by atoms with Crippen molar-refractivity contribution in [3.05, 3.63) is 137 Å². The van der Waals surface area contributed by atoms with Crippen molar-refractivity contribution in [2.24, 2.45) is 0 Å². The van der Waals surface area contributed by atoms with Gasteiger partial charge in [-0.15, -0.1) is 0 Å². The predicted molar refractivity (Wildman–Crippen MR) is 164 cm³/mol. The molecule has 0 radical (unpaired) electrons. The second kappa shape index (κ2) is 11.5. The number of benzene rings is 5. The molecule has 1 heterocycles. The molecule has 6 heteroatoms. The highest BCUT2D eigenvalue weighted by atomic mass is 19.1. The average molecular weight is 559 g/mol. The zero-order valence-electron chi connectivity index (χ0n) is 23.3. The SMILES string of the molecule is C[C@H](NC(=O)c1ccc2c(c1)CCCN2Cc1ccc(-c2ccccc2C(=O)O)cc1F)c1ccc2ccccc2c1. The number of carbonyl (C=O) groups is 2. The number of hydrogen-bond acceptors (Lipinski definition) is 3. The Morgan fingerprint density at radius 3 is 2.50 bits per heavy atom. The molecule has 42 heavy (non-hydrogen) atoms. The Balaban J connectivity index is 1.17. The number of rotatable bonds is 7. The summed E-state index contributed by atoms with van der Waals surface area (Å²) in [5.41, 5.74) is 5.41. The molecule has 1 amide bonds. The molecule has 0 aliphatic carbocycles. The van der Waals surface area contributed by atoms with Gasteiger partial charge in [0.25, 0.3) is 5.91 Å². The molecule has 2 N–H and O–H groups in total. The Kier molecular flexibility index (Phi) is 7.44. The summed E-state index contributed by atoms with van der Waals surface area (Å²) in [7, 11) is 0. The van der Waals surface area contributed by atoms with E-state index in [2.05, 4.69) is 40.5 Å². The fraction of sp³-hybridized carbons (Fsp3) is 0.167. The van der Waals surface area contributed by atoms with Crippen LogP contribution in [0.15, 0.2) is 103 Å². The summed E-state index contributed by atoms with van der Waals surface area (Å²) >= 11 is 0. The van der Waals surface area contributed by atoms with Crippen LogP contribution in [0.2, 0.25) is 0 Å². The lowest BCUT2D eigenvalue weighted by atomic mass is 9.96. The molecular formula is C36H31FN2O3. The number of aryl methyl sites for hydroxylation is 1. The third-order valence-corrected chi connectivity index (χ3v) is 8.06. The quantitative estimate of drug-likeness (QED) is 0.214. The third-order valence-electron chi connectivity index (χ3n) is 8.06. The number of amides is 1. The van der Waals surface area contributed by atoms with Gasteiger partial charge in [0.15, 0.2) is 0 Å². The number of carboxylic acids is 1. The first kappa shape index (κ1) is 27.2. The number of aromatic carboxylic acids is 1. The molecule has 0 aromatic heterocycles. The van der Waals surface area contributed by atoms with Gasteiger partial charge in [-0.25, -0.2) is 9.18 Å². The molecule has 0 saturated carbocycles. The minimum atomic E-state index is -1.05. The van der Waals surface area contributed by atoms with Gasteiger partial charge in [-0.2, -0.15) is 0 Å². The minimum absolute atomic E-state index is 0.126. The highest BCUT2D eigenvalue weighted by molar-refractivity contribution is 5.96. The second-order valence-electron chi connectivity index (χ2n) is 10.8. The lowest BCUT2D eigenvalue weighted by Crippen LogP contribution is -2.30. The van der Waals surface area contributed by atoms with E-state index in [0.29, 0.717) is 28.8 Å². The van der Waals surface area contributed by atoms with Crippen LogP contribution in [0.25, 0.3) is 21.9 Å². The molecule has 0 saturated heterocycles. The summed E-state index contributed by atoms with van der Waals surface area (Å²) in [5.74, 6) is -1.55. The van der Waals surface area contributed by atoms with E-state index < -0.39 is 5.97 Å². The summed E-state index contributed by atoms with van der Waals surface area (Å²) < 4.78 is 15.3. The molecule has 0 bridgehead atoms. The van der Waals surface area contributed by atoms with Crippen LogP contribution in [0, 0.1) is 5.82 Å². The maximum absolute atomic E-state index is 15.3. The first-order valence-corrected chi connectivity index (χ1v) is 14.2. The van der Waals surface area contributed by atoms with Crippen molar-refractivity contribution in [3.8, 4) is 11.1 Å². The van der Waals surface area contributed by atoms with Gasteiger partial charge in [-0.3, -0.25) is 4.79 Å². The van der Waals surface area contributed by atoms with Crippen molar-refractivity contribution in [1.29, 1.82) is 0 Å². The van der Waals surface area contributed by atoms with E-state index in [-0.39, 0.29) is 23.3 Å². The molecule has 1 aliphatic rings. The third kappa shape index (κ3) is 5.48. The molecule has 5 aromatic carbocycles. The van der Waals surface area contributed by atoms with E-state index in [0.717, 1.165) is 41.6 Å². The summed E-state index contributed by atoms with van der Waals surface area (Å²) in [6.45, 7) is 3.15. The second-order valence-corrected chi connectivity index (χ2v) is 10.8. The van der Waals surface area contributed by atoms with E-state index in [4.69, 9.17) is 0 Å². The molecule has 210 valence electrons. The number of anilines is 1. The number of carboxylic acid groups (broad SMARTS) is 1. The van der Waals surface area contributed by atoms with Crippen LogP contribution in [0.5, 0.6) is 0 Å². The van der Waals surface area contributed by atoms with Crippen molar-refractivity contribution in [2.45, 2.75) is 32.4 Å². The summed E-state index contributed by atoms with van der Waals surface area (Å²) in [4.78, 5) is 27.0. The number of nitrogens with zero attached hydrogens (tertiary/aromatic N) is 1. The smallest absolute Gasteiger partial charge is 0.336 e. The number of hydrogen-bond donors (Lipinski definition) is 2. The average Bonchev–Trinajstić information content (AvgIpc) is 3.01. The van der Waals surface area contributed by atoms with Crippen LogP contribution in [0.3, 0.4) is 0 Å². The van der Waals surface area contributed by atoms with Crippen LogP contribution in [-0.4, -0.2) is 23.5 Å². The lowest BCUT2D eigenvalue weighted by molar-refractivity contribution is 0.0697. The van der Waals surface area contributed by atoms with Crippen molar-refractivity contribution in [1.82, 2.24) is 5.32 Å². The predicted octanol–water partition coefficient (Wildman–Crippen LogP) is 7.79. The van der Waals surface area contributed by atoms with Gasteiger partial charge in [0, 0.05) is 29.9 Å². The minimum Gasteiger partial charge on any atom is -0.478 e. The molecule has 0 unspecified atom stereocenters. The molecule has 0 spiro atoms. The van der Waals surface area contributed by atoms with Gasteiger partial charge < -0.3 is 15.3 Å². The largest absolute Gasteiger partial charge is 0.478 e. The van der Waals surface area contributed by atoms with Gasteiger partial charge in [-0.1, -0.05) is 66.7 Å². The van der Waals surface area contributed by atoms with Crippen LogP contribution >= 0.6 is 0 Å². The Morgan fingerprint density at radius 2 is 1.69 bits per heavy atom. The zero-order valence-corrected chi connectivity index (χ0v) is 23.3. The summed E-state index contributed by atoms with van der Waals surface area (Å²) in [5, 5.41) is 15.0. The fourth-order valence-electron chi connectivity index (χ4n) is 5.79. The highest BCUT2D eigenvalue weighted by Gasteiger charge is 2.21. The number of halogens is 1. The van der Waals surface area contributed by atoms with Crippen LogP contribution < -0.4 is 10.2 Å². The van der Waals surface area contributed by atoms with E-state index in [1.54, 1.807) is 30.3 Å². The van der Waals surface area contributed by atoms with Crippen molar-refractivity contribution in [2.75, 3.05) is 11.4 Å². The van der Waals surface area contributed by atoms with Crippen LogP contribution in [-0.2, 0) is 13.0 Å². The van der Waals surface area contributed by atoms with Gasteiger partial charge in [0.05, 0.1) is 11.6 Å². The van der Waals surface area contributed by atoms with Gasteiger partial charge in [0.2, 0.25) is 0 Å². The molecule has 6 rings (SSSR count). The van der Waals surface area contributed by atoms with Crippen molar-refractivity contribution in [3.63, 3.8) is 0 Å². The summed E-state index contributed by atoms with van der Waals surface area (Å²) in [6.07, 6.45) is 1.75. The highest BCUT2D eigenvalue weighted by Crippen LogP contribution is 2.32. The number of carbonyl (C=O) groups excluding carboxylic acids is 1. The maximum Gasteiger partial charge on any atom is 0.336 e. The Morgan fingerprint density at radius 1 is 0.905 bits per heavy atom. The van der Waals surface area contributed by atoms with Crippen molar-refractivity contribution >= 4 is 28.3 Å². The summed E-state index contributed by atoms with van der Waals surface area (Å²) in [6, 6.07) is 31.5. The molecule has 0 fully saturated rings. The lowest BCUT2D eigenvalue weighted by Gasteiger charge is -2.32. The Labute approximate surface area is 244 Å². The number of fused-ring (bicyclic) bond motifs is 2. The van der Waals surface area contributed by atoms with E-state index in [1.165, 1.54) is 17.5 Å². The van der Waals surface area contributed by atoms with Crippen LogP contribution in [0.4, 0.5) is 10.1 Å². The molecular weight excluding hydrogens is 527 g/mol. The maximum atomic E-state index is 15.3. The standard InChI is InChI=1S/C36H31FN2O3/c1-23(25-13-12-24-7-2-3-8-26(24)19-25)38-35(40)29-16-17-34-28(20-29)9-6-18-39(34)22-30-15-14-27(21-33(30)37)31-10-4-5-11-32(31)36(41)42/h2-5,7-8,10-17,19-21,23H,6,9,18,22H2,1H3,(H,38,40)(H,41,42)/t23-/m0/s1. The molecule has 1 aliphatic heterocycles. The Bertz CT molecular complexity index is 1820. The van der Waals surface area contributed by atoms with E-state index in [9.17, 15) is 14.7 Å². The van der Waals surface area contributed by atoms with Gasteiger partial charge in [-0.05, 0) is 89.2 Å². The van der Waals surface area contributed by atoms with E-state index in [1.807, 2.05) is 37.3 Å². The first-order valence-electron chi connectivity index (χ1n) is 14.2.